The van der Waals surface area contributed by atoms with E-state index in [-0.39, 0.29) is 19.1 Å². The third kappa shape index (κ3) is 2.41. The lowest BCUT2D eigenvalue weighted by Gasteiger charge is -2.27. The van der Waals surface area contributed by atoms with E-state index in [1.54, 1.807) is 6.92 Å². The minimum Gasteiger partial charge on any atom is -0.394 e. The molecule has 1 saturated heterocycles. The summed E-state index contributed by atoms with van der Waals surface area (Å²) in [5.41, 5.74) is -0.806. The monoisotopic (exact) mass is 185 g/mol. The largest absolute Gasteiger partial charge is 0.394 e. The van der Waals surface area contributed by atoms with Gasteiger partial charge in [0.2, 0.25) is 0 Å². The van der Waals surface area contributed by atoms with Gasteiger partial charge in [0.15, 0.2) is 5.60 Å². The van der Waals surface area contributed by atoms with Gasteiger partial charge in [-0.05, 0) is 13.3 Å². The Kier molecular flexibility index (Phi) is 3.67. The van der Waals surface area contributed by atoms with Gasteiger partial charge >= 0.3 is 0 Å². The third-order valence-corrected chi connectivity index (χ3v) is 2.42. The van der Waals surface area contributed by atoms with Gasteiger partial charge in [-0.1, -0.05) is 0 Å². The number of aliphatic hydroxyl groups excluding tert-OH is 1. The molecule has 0 aromatic rings. The Hall–Kier alpha value is -0.630. The first-order chi connectivity index (χ1) is 6.23. The summed E-state index contributed by atoms with van der Waals surface area (Å²) in [6, 6.07) is 2.14. The normalized spacial score (nSPS) is 26.7. The van der Waals surface area contributed by atoms with Crippen LogP contribution in [0.3, 0.4) is 0 Å². The fourth-order valence-electron chi connectivity index (χ4n) is 1.47. The average Bonchev–Trinajstić information content (AvgIpc) is 2.67. The maximum atomic E-state index is 8.96. The fraction of sp³-hybridized carbons (Fsp3) is 0.889. The van der Waals surface area contributed by atoms with E-state index in [0.717, 1.165) is 6.42 Å². The van der Waals surface area contributed by atoms with Crippen LogP contribution in [0.15, 0.2) is 0 Å². The maximum Gasteiger partial charge on any atom is 0.156 e. The van der Waals surface area contributed by atoms with Crippen LogP contribution in [0, 0.1) is 17.2 Å². The lowest BCUT2D eigenvalue weighted by molar-refractivity contribution is -0.0460. The van der Waals surface area contributed by atoms with Crippen LogP contribution in [-0.4, -0.2) is 37.1 Å². The molecule has 1 N–H and O–H groups in total. The predicted molar refractivity (Wildman–Crippen MR) is 46.0 cm³/mol. The molecule has 0 radical (unpaired) electrons. The summed E-state index contributed by atoms with van der Waals surface area (Å²) in [5.74, 6) is 0.129. The molecule has 74 valence electrons. The van der Waals surface area contributed by atoms with Crippen LogP contribution in [0.1, 0.15) is 13.3 Å². The summed E-state index contributed by atoms with van der Waals surface area (Å²) in [4.78, 5) is 0. The fourth-order valence-corrected chi connectivity index (χ4v) is 1.47. The molecular weight excluding hydrogens is 170 g/mol. The van der Waals surface area contributed by atoms with Crippen molar-refractivity contribution in [2.24, 2.45) is 5.92 Å². The zero-order chi connectivity index (χ0) is 9.73. The first kappa shape index (κ1) is 10.5. The van der Waals surface area contributed by atoms with E-state index in [4.69, 9.17) is 19.8 Å². The average molecular weight is 185 g/mol. The van der Waals surface area contributed by atoms with Crippen molar-refractivity contribution < 1.29 is 14.6 Å². The second-order valence-corrected chi connectivity index (χ2v) is 3.35. The highest BCUT2D eigenvalue weighted by atomic mass is 16.5. The highest BCUT2D eigenvalue weighted by molar-refractivity contribution is 5.04. The molecule has 0 aromatic heterocycles. The standard InChI is InChI=1S/C9H15NO3/c1-9(7-10,13-5-3-11)8-2-4-12-6-8/h8,11H,2-6H2,1H3. The molecule has 1 rings (SSSR count). The second kappa shape index (κ2) is 4.56. The smallest absolute Gasteiger partial charge is 0.156 e. The van der Waals surface area contributed by atoms with Gasteiger partial charge < -0.3 is 14.6 Å². The Morgan fingerprint density at radius 3 is 3.00 bits per heavy atom. The topological polar surface area (TPSA) is 62.5 Å². The summed E-state index contributed by atoms with van der Waals surface area (Å²) < 4.78 is 10.5. The van der Waals surface area contributed by atoms with Gasteiger partial charge in [-0.15, -0.1) is 0 Å². The van der Waals surface area contributed by atoms with Crippen molar-refractivity contribution >= 4 is 0 Å². The van der Waals surface area contributed by atoms with Crippen molar-refractivity contribution in [1.29, 1.82) is 5.26 Å². The molecule has 0 saturated carbocycles. The first-order valence-corrected chi connectivity index (χ1v) is 4.47. The molecule has 4 heteroatoms. The van der Waals surface area contributed by atoms with Gasteiger partial charge in [-0.25, -0.2) is 0 Å². The second-order valence-electron chi connectivity index (χ2n) is 3.35. The lowest BCUT2D eigenvalue weighted by atomic mass is 9.90. The third-order valence-electron chi connectivity index (χ3n) is 2.42. The Labute approximate surface area is 78.1 Å². The molecule has 4 nitrogen and oxygen atoms in total. The zero-order valence-electron chi connectivity index (χ0n) is 7.82. The Balaban J connectivity index is 2.52. The molecule has 0 aliphatic carbocycles. The van der Waals surface area contributed by atoms with Gasteiger partial charge in [0, 0.05) is 12.5 Å². The van der Waals surface area contributed by atoms with Crippen LogP contribution < -0.4 is 0 Å². The molecule has 1 aliphatic heterocycles. The van der Waals surface area contributed by atoms with E-state index in [1.807, 2.05) is 0 Å². The van der Waals surface area contributed by atoms with Crippen molar-refractivity contribution in [2.75, 3.05) is 26.4 Å². The quantitative estimate of drug-likeness (QED) is 0.685. The molecule has 2 unspecified atom stereocenters. The maximum absolute atomic E-state index is 8.96. The predicted octanol–water partition coefficient (Wildman–Crippen LogP) is 0.314. The van der Waals surface area contributed by atoms with E-state index >= 15 is 0 Å². The van der Waals surface area contributed by atoms with E-state index in [9.17, 15) is 0 Å². The minimum atomic E-state index is -0.806. The number of nitrogens with zero attached hydrogens (tertiary/aromatic N) is 1. The van der Waals surface area contributed by atoms with Gasteiger partial charge in [-0.3, -0.25) is 0 Å². The number of hydrogen-bond donors (Lipinski definition) is 1. The number of hydrogen-bond acceptors (Lipinski definition) is 4. The number of aliphatic hydroxyl groups is 1. The molecule has 1 fully saturated rings. The molecule has 2 atom stereocenters. The highest BCUT2D eigenvalue weighted by Gasteiger charge is 2.37. The SMILES string of the molecule is CC(C#N)(OCCO)C1CCOC1. The van der Waals surface area contributed by atoms with Gasteiger partial charge in [-0.2, -0.15) is 5.26 Å². The zero-order valence-corrected chi connectivity index (χ0v) is 7.82. The molecule has 0 aromatic carbocycles. The molecule has 13 heavy (non-hydrogen) atoms. The molecule has 1 heterocycles. The van der Waals surface area contributed by atoms with Crippen LogP contribution in [0.25, 0.3) is 0 Å². The molecule has 0 bridgehead atoms. The molecule has 1 aliphatic rings. The van der Waals surface area contributed by atoms with Crippen LogP contribution in [0.4, 0.5) is 0 Å². The van der Waals surface area contributed by atoms with Crippen molar-refractivity contribution in [3.8, 4) is 6.07 Å². The number of ether oxygens (including phenoxy) is 2. The van der Waals surface area contributed by atoms with Gasteiger partial charge in [0.05, 0.1) is 25.9 Å². The van der Waals surface area contributed by atoms with Crippen molar-refractivity contribution in [1.82, 2.24) is 0 Å². The number of rotatable bonds is 4. The van der Waals surface area contributed by atoms with Crippen LogP contribution in [-0.2, 0) is 9.47 Å². The number of nitriles is 1. The van der Waals surface area contributed by atoms with Crippen LogP contribution in [0.2, 0.25) is 0 Å². The first-order valence-electron chi connectivity index (χ1n) is 4.47. The van der Waals surface area contributed by atoms with Crippen molar-refractivity contribution in [2.45, 2.75) is 18.9 Å². The highest BCUT2D eigenvalue weighted by Crippen LogP contribution is 2.28. The Morgan fingerprint density at radius 2 is 2.54 bits per heavy atom. The molecule has 0 spiro atoms. The Morgan fingerprint density at radius 1 is 1.77 bits per heavy atom. The summed E-state index contributed by atoms with van der Waals surface area (Å²) in [5, 5.41) is 17.6. The summed E-state index contributed by atoms with van der Waals surface area (Å²) in [7, 11) is 0. The summed E-state index contributed by atoms with van der Waals surface area (Å²) >= 11 is 0. The van der Waals surface area contributed by atoms with Crippen molar-refractivity contribution in [3.63, 3.8) is 0 Å². The molecular formula is C9H15NO3. The Bertz CT molecular complexity index is 196. The minimum absolute atomic E-state index is 0.0507. The van der Waals surface area contributed by atoms with Gasteiger partial charge in [0.1, 0.15) is 0 Å². The van der Waals surface area contributed by atoms with E-state index < -0.39 is 5.60 Å². The lowest BCUT2D eigenvalue weighted by Crippen LogP contribution is -2.37. The van der Waals surface area contributed by atoms with Crippen LogP contribution in [0.5, 0.6) is 0 Å². The van der Waals surface area contributed by atoms with Gasteiger partial charge in [0.25, 0.3) is 0 Å². The summed E-state index contributed by atoms with van der Waals surface area (Å²) in [6.45, 7) is 3.19. The van der Waals surface area contributed by atoms with E-state index in [2.05, 4.69) is 6.07 Å². The molecule has 0 amide bonds. The van der Waals surface area contributed by atoms with Crippen LogP contribution >= 0.6 is 0 Å². The summed E-state index contributed by atoms with van der Waals surface area (Å²) in [6.07, 6.45) is 0.857. The van der Waals surface area contributed by atoms with Crippen molar-refractivity contribution in [3.05, 3.63) is 0 Å². The van der Waals surface area contributed by atoms with E-state index in [1.165, 1.54) is 0 Å². The van der Waals surface area contributed by atoms with E-state index in [0.29, 0.717) is 13.2 Å².